The van der Waals surface area contributed by atoms with Crippen molar-refractivity contribution < 1.29 is 9.47 Å². The monoisotopic (exact) mass is 304 g/mol. The molecule has 1 aliphatic heterocycles. The van der Waals surface area contributed by atoms with Crippen molar-refractivity contribution in [3.63, 3.8) is 0 Å². The van der Waals surface area contributed by atoms with E-state index >= 15 is 0 Å². The molecule has 1 atom stereocenters. The number of aromatic nitrogens is 1. The molecule has 3 rings (SSSR count). The first kappa shape index (κ1) is 14.4. The van der Waals surface area contributed by atoms with Crippen molar-refractivity contribution in [3.8, 4) is 11.5 Å². The maximum Gasteiger partial charge on any atom is 0.123 e. The summed E-state index contributed by atoms with van der Waals surface area (Å²) in [6, 6.07) is 4.21. The molecule has 0 bridgehead atoms. The summed E-state index contributed by atoms with van der Waals surface area (Å²) in [6.45, 7) is 3.78. The fourth-order valence-corrected chi connectivity index (χ4v) is 3.20. The average molecular weight is 304 g/mol. The largest absolute Gasteiger partial charge is 0.496 e. The number of benzene rings is 1. The first-order chi connectivity index (χ1) is 10.3. The molecule has 5 heteroatoms. The van der Waals surface area contributed by atoms with Crippen LogP contribution in [0.4, 0.5) is 0 Å². The third kappa shape index (κ3) is 3.36. The lowest BCUT2D eigenvalue weighted by atomic mass is 10.1. The number of nitrogens with zero attached hydrogens (tertiary/aromatic N) is 1. The van der Waals surface area contributed by atoms with Gasteiger partial charge in [0.05, 0.1) is 18.3 Å². The molecule has 1 aliphatic rings. The van der Waals surface area contributed by atoms with Gasteiger partial charge < -0.3 is 14.8 Å². The van der Waals surface area contributed by atoms with Crippen LogP contribution in [-0.4, -0.2) is 24.7 Å². The van der Waals surface area contributed by atoms with Gasteiger partial charge in [-0.15, -0.1) is 11.3 Å². The quantitative estimate of drug-likeness (QED) is 0.834. The van der Waals surface area contributed by atoms with Gasteiger partial charge >= 0.3 is 0 Å². The van der Waals surface area contributed by atoms with Crippen LogP contribution < -0.4 is 14.8 Å². The predicted molar refractivity (Wildman–Crippen MR) is 84.3 cm³/mol. The Morgan fingerprint density at radius 1 is 1.48 bits per heavy atom. The van der Waals surface area contributed by atoms with Crippen molar-refractivity contribution >= 4 is 11.3 Å². The van der Waals surface area contributed by atoms with E-state index < -0.39 is 0 Å². The number of nitrogens with one attached hydrogen (secondary N) is 1. The van der Waals surface area contributed by atoms with E-state index in [1.165, 1.54) is 5.56 Å². The predicted octanol–water partition coefficient (Wildman–Crippen LogP) is 2.81. The summed E-state index contributed by atoms with van der Waals surface area (Å²) < 4.78 is 11.3. The van der Waals surface area contributed by atoms with Crippen LogP contribution in [0.25, 0.3) is 0 Å². The van der Waals surface area contributed by atoms with Crippen LogP contribution in [0.1, 0.15) is 23.7 Å². The lowest BCUT2D eigenvalue weighted by Gasteiger charge is -2.12. The van der Waals surface area contributed by atoms with Crippen LogP contribution in [0.2, 0.25) is 0 Å². The SMILES string of the molecule is COc1cc2c(cc1CNCCc1cscn1)OC(C)C2. The van der Waals surface area contributed by atoms with E-state index in [0.29, 0.717) is 0 Å². The van der Waals surface area contributed by atoms with Crippen LogP contribution >= 0.6 is 11.3 Å². The smallest absolute Gasteiger partial charge is 0.123 e. The summed E-state index contributed by atoms with van der Waals surface area (Å²) in [5.41, 5.74) is 5.40. The molecule has 1 N–H and O–H groups in total. The Labute approximate surface area is 129 Å². The number of hydrogen-bond donors (Lipinski definition) is 1. The van der Waals surface area contributed by atoms with Crippen LogP contribution in [-0.2, 0) is 19.4 Å². The molecular weight excluding hydrogens is 284 g/mol. The number of rotatable bonds is 6. The van der Waals surface area contributed by atoms with Gasteiger partial charge in [0.1, 0.15) is 17.6 Å². The van der Waals surface area contributed by atoms with Crippen LogP contribution in [0.15, 0.2) is 23.0 Å². The molecule has 2 heterocycles. The molecule has 0 fully saturated rings. The van der Waals surface area contributed by atoms with Gasteiger partial charge in [-0.3, -0.25) is 0 Å². The number of ether oxygens (including phenoxy) is 2. The minimum atomic E-state index is 0.262. The molecule has 0 saturated heterocycles. The molecule has 1 unspecified atom stereocenters. The molecule has 0 amide bonds. The summed E-state index contributed by atoms with van der Waals surface area (Å²) in [4.78, 5) is 4.28. The van der Waals surface area contributed by atoms with E-state index in [4.69, 9.17) is 9.47 Å². The van der Waals surface area contributed by atoms with E-state index in [2.05, 4.69) is 34.7 Å². The van der Waals surface area contributed by atoms with Gasteiger partial charge in [-0.05, 0) is 19.1 Å². The zero-order chi connectivity index (χ0) is 14.7. The maximum absolute atomic E-state index is 5.82. The van der Waals surface area contributed by atoms with E-state index in [0.717, 1.165) is 48.7 Å². The molecule has 0 spiro atoms. The normalized spacial score (nSPS) is 16.6. The third-order valence-electron chi connectivity index (χ3n) is 3.66. The Kier molecular flexibility index (Phi) is 4.41. The van der Waals surface area contributed by atoms with E-state index in [1.807, 2.05) is 5.51 Å². The van der Waals surface area contributed by atoms with Crippen LogP contribution in [0, 0.1) is 0 Å². The van der Waals surface area contributed by atoms with Crippen molar-refractivity contribution in [1.82, 2.24) is 10.3 Å². The first-order valence-electron chi connectivity index (χ1n) is 7.20. The molecule has 4 nitrogen and oxygen atoms in total. The van der Waals surface area contributed by atoms with E-state index in [1.54, 1.807) is 18.4 Å². The standard InChI is InChI=1S/C16H20N2O2S/c1-11-5-12-6-15(19-2)13(7-16(12)20-11)8-17-4-3-14-9-21-10-18-14/h6-7,9-11,17H,3-5,8H2,1-2H3. The van der Waals surface area contributed by atoms with E-state index in [9.17, 15) is 0 Å². The Morgan fingerprint density at radius 2 is 2.38 bits per heavy atom. The molecule has 21 heavy (non-hydrogen) atoms. The summed E-state index contributed by atoms with van der Waals surface area (Å²) >= 11 is 1.64. The highest BCUT2D eigenvalue weighted by Crippen LogP contribution is 2.34. The van der Waals surface area contributed by atoms with Gasteiger partial charge in [-0.2, -0.15) is 0 Å². The van der Waals surface area contributed by atoms with Gasteiger partial charge in [-0.25, -0.2) is 4.98 Å². The van der Waals surface area contributed by atoms with Crippen molar-refractivity contribution in [2.75, 3.05) is 13.7 Å². The minimum Gasteiger partial charge on any atom is -0.496 e. The second kappa shape index (κ2) is 6.45. The summed E-state index contributed by atoms with van der Waals surface area (Å²) in [7, 11) is 1.72. The molecule has 112 valence electrons. The molecule has 1 aromatic heterocycles. The van der Waals surface area contributed by atoms with Crippen LogP contribution in [0.5, 0.6) is 11.5 Å². The fraction of sp³-hybridized carbons (Fsp3) is 0.438. The highest BCUT2D eigenvalue weighted by atomic mass is 32.1. The Hall–Kier alpha value is -1.59. The van der Waals surface area contributed by atoms with Gasteiger partial charge in [-0.1, -0.05) is 0 Å². The molecule has 2 aromatic rings. The number of hydrogen-bond acceptors (Lipinski definition) is 5. The molecule has 0 saturated carbocycles. The zero-order valence-electron chi connectivity index (χ0n) is 12.4. The highest BCUT2D eigenvalue weighted by Gasteiger charge is 2.21. The second-order valence-electron chi connectivity index (χ2n) is 5.31. The zero-order valence-corrected chi connectivity index (χ0v) is 13.2. The minimum absolute atomic E-state index is 0.262. The molecule has 1 aromatic carbocycles. The molecule has 0 aliphatic carbocycles. The Balaban J connectivity index is 1.61. The topological polar surface area (TPSA) is 43.4 Å². The first-order valence-corrected chi connectivity index (χ1v) is 8.14. The lowest BCUT2D eigenvalue weighted by molar-refractivity contribution is 0.254. The van der Waals surface area contributed by atoms with Crippen molar-refractivity contribution in [2.45, 2.75) is 32.4 Å². The van der Waals surface area contributed by atoms with Gasteiger partial charge in [0, 0.05) is 42.4 Å². The van der Waals surface area contributed by atoms with Gasteiger partial charge in [0.15, 0.2) is 0 Å². The summed E-state index contributed by atoms with van der Waals surface area (Å²) in [5, 5.41) is 5.54. The molecule has 0 radical (unpaired) electrons. The Bertz CT molecular complexity index is 599. The second-order valence-corrected chi connectivity index (χ2v) is 6.03. The number of methoxy groups -OCH3 is 1. The number of fused-ring (bicyclic) bond motifs is 1. The van der Waals surface area contributed by atoms with E-state index in [-0.39, 0.29) is 6.10 Å². The van der Waals surface area contributed by atoms with Gasteiger partial charge in [0.25, 0.3) is 0 Å². The van der Waals surface area contributed by atoms with Gasteiger partial charge in [0.2, 0.25) is 0 Å². The highest BCUT2D eigenvalue weighted by molar-refractivity contribution is 7.07. The average Bonchev–Trinajstić information content (AvgIpc) is 3.10. The number of thiazole rings is 1. The summed E-state index contributed by atoms with van der Waals surface area (Å²) in [5.74, 6) is 1.94. The van der Waals surface area contributed by atoms with Crippen molar-refractivity contribution in [3.05, 3.63) is 39.8 Å². The van der Waals surface area contributed by atoms with Crippen molar-refractivity contribution in [2.24, 2.45) is 0 Å². The fourth-order valence-electron chi connectivity index (χ4n) is 2.61. The third-order valence-corrected chi connectivity index (χ3v) is 4.29. The lowest BCUT2D eigenvalue weighted by Crippen LogP contribution is -2.17. The Morgan fingerprint density at radius 3 is 3.14 bits per heavy atom. The van der Waals surface area contributed by atoms with Crippen molar-refractivity contribution in [1.29, 1.82) is 0 Å². The maximum atomic E-state index is 5.82. The molecular formula is C16H20N2O2S. The van der Waals surface area contributed by atoms with Crippen LogP contribution in [0.3, 0.4) is 0 Å². The summed E-state index contributed by atoms with van der Waals surface area (Å²) in [6.07, 6.45) is 2.17.